The molecule has 0 N–H and O–H groups in total. The van der Waals surface area contributed by atoms with E-state index in [2.05, 4.69) is 46.4 Å². The standard InChI is InChI=1S/C15H31N/c1-14(2,3)13-9-7-8-11-16(12-10-13)15(4,5)6/h13H,7-12H2,1-6H3. The van der Waals surface area contributed by atoms with E-state index in [0.29, 0.717) is 11.0 Å². The van der Waals surface area contributed by atoms with E-state index in [4.69, 9.17) is 0 Å². The molecule has 0 amide bonds. The molecule has 1 saturated heterocycles. The molecule has 96 valence electrons. The average Bonchev–Trinajstić information content (AvgIpc) is 1.96. The Kier molecular flexibility index (Phi) is 4.45. The van der Waals surface area contributed by atoms with E-state index in [9.17, 15) is 0 Å². The van der Waals surface area contributed by atoms with Crippen molar-refractivity contribution in [1.29, 1.82) is 0 Å². The van der Waals surface area contributed by atoms with Crippen LogP contribution in [0.2, 0.25) is 0 Å². The minimum Gasteiger partial charge on any atom is -0.298 e. The van der Waals surface area contributed by atoms with Crippen LogP contribution in [0, 0.1) is 11.3 Å². The minimum absolute atomic E-state index is 0.347. The van der Waals surface area contributed by atoms with Gasteiger partial charge in [-0.15, -0.1) is 0 Å². The van der Waals surface area contributed by atoms with E-state index < -0.39 is 0 Å². The predicted octanol–water partition coefficient (Wildman–Crippen LogP) is 4.32. The summed E-state index contributed by atoms with van der Waals surface area (Å²) in [5.74, 6) is 0.901. The van der Waals surface area contributed by atoms with Crippen molar-refractivity contribution < 1.29 is 0 Å². The van der Waals surface area contributed by atoms with Crippen LogP contribution in [0.5, 0.6) is 0 Å². The maximum absolute atomic E-state index is 2.67. The summed E-state index contributed by atoms with van der Waals surface area (Å²) in [5, 5.41) is 0. The fourth-order valence-corrected chi connectivity index (χ4v) is 2.80. The van der Waals surface area contributed by atoms with Crippen molar-refractivity contribution in [3.05, 3.63) is 0 Å². The zero-order chi connectivity index (χ0) is 12.4. The lowest BCUT2D eigenvalue weighted by Gasteiger charge is -2.40. The van der Waals surface area contributed by atoms with E-state index in [1.807, 2.05) is 0 Å². The highest BCUT2D eigenvalue weighted by atomic mass is 15.2. The number of hydrogen-bond acceptors (Lipinski definition) is 1. The van der Waals surface area contributed by atoms with E-state index in [1.54, 1.807) is 0 Å². The number of rotatable bonds is 0. The zero-order valence-corrected chi connectivity index (χ0v) is 12.3. The average molecular weight is 225 g/mol. The molecule has 0 aromatic carbocycles. The maximum atomic E-state index is 2.67. The van der Waals surface area contributed by atoms with Crippen molar-refractivity contribution in [2.75, 3.05) is 13.1 Å². The van der Waals surface area contributed by atoms with Gasteiger partial charge in [0.15, 0.2) is 0 Å². The van der Waals surface area contributed by atoms with E-state index in [1.165, 1.54) is 38.8 Å². The second kappa shape index (κ2) is 5.08. The molecule has 1 fully saturated rings. The van der Waals surface area contributed by atoms with E-state index in [-0.39, 0.29) is 0 Å². The molecule has 1 unspecified atom stereocenters. The van der Waals surface area contributed by atoms with Crippen molar-refractivity contribution in [2.24, 2.45) is 11.3 Å². The van der Waals surface area contributed by atoms with E-state index in [0.717, 1.165) is 5.92 Å². The highest BCUT2D eigenvalue weighted by molar-refractivity contribution is 4.82. The molecule has 0 spiro atoms. The van der Waals surface area contributed by atoms with Gasteiger partial charge in [-0.2, -0.15) is 0 Å². The number of nitrogens with zero attached hydrogens (tertiary/aromatic N) is 1. The lowest BCUT2D eigenvalue weighted by atomic mass is 9.75. The largest absolute Gasteiger partial charge is 0.298 e. The Morgan fingerprint density at radius 1 is 0.812 bits per heavy atom. The monoisotopic (exact) mass is 225 g/mol. The van der Waals surface area contributed by atoms with Gasteiger partial charge in [0.2, 0.25) is 0 Å². The first-order chi connectivity index (χ1) is 7.21. The summed E-state index contributed by atoms with van der Waals surface area (Å²) in [4.78, 5) is 2.67. The number of hydrogen-bond donors (Lipinski definition) is 0. The fraction of sp³-hybridized carbons (Fsp3) is 1.00. The molecule has 0 bridgehead atoms. The SMILES string of the molecule is CC(C)(C)C1CCCCN(C(C)(C)C)CC1. The maximum Gasteiger partial charge on any atom is 0.0125 e. The fourth-order valence-electron chi connectivity index (χ4n) is 2.80. The summed E-state index contributed by atoms with van der Waals surface area (Å²) in [5.41, 5.74) is 0.834. The summed E-state index contributed by atoms with van der Waals surface area (Å²) in [6.45, 7) is 16.8. The molecule has 1 rings (SSSR count). The molecule has 0 radical (unpaired) electrons. The van der Waals surface area contributed by atoms with Crippen molar-refractivity contribution >= 4 is 0 Å². The number of likely N-dealkylation sites (tertiary alicyclic amines) is 1. The van der Waals surface area contributed by atoms with Crippen LogP contribution in [0.25, 0.3) is 0 Å². The van der Waals surface area contributed by atoms with Crippen LogP contribution in [0.4, 0.5) is 0 Å². The second-order valence-electron chi connectivity index (χ2n) is 7.51. The van der Waals surface area contributed by atoms with Gasteiger partial charge in [0.25, 0.3) is 0 Å². The smallest absolute Gasteiger partial charge is 0.0125 e. The Labute approximate surface area is 103 Å². The van der Waals surface area contributed by atoms with Crippen molar-refractivity contribution in [1.82, 2.24) is 4.90 Å². The zero-order valence-electron chi connectivity index (χ0n) is 12.3. The van der Waals surface area contributed by atoms with Gasteiger partial charge < -0.3 is 0 Å². The Bertz CT molecular complexity index is 182. The minimum atomic E-state index is 0.347. The highest BCUT2D eigenvalue weighted by Gasteiger charge is 2.28. The van der Waals surface area contributed by atoms with Crippen molar-refractivity contribution in [2.45, 2.75) is 72.8 Å². The van der Waals surface area contributed by atoms with Gasteiger partial charge in [0.1, 0.15) is 0 Å². The molecule has 1 heterocycles. The summed E-state index contributed by atoms with van der Waals surface area (Å²) in [6, 6.07) is 0. The first-order valence-electron chi connectivity index (χ1n) is 6.96. The Hall–Kier alpha value is -0.0400. The Morgan fingerprint density at radius 3 is 1.94 bits per heavy atom. The summed E-state index contributed by atoms with van der Waals surface area (Å²) in [7, 11) is 0. The summed E-state index contributed by atoms with van der Waals surface area (Å²) in [6.07, 6.45) is 5.60. The summed E-state index contributed by atoms with van der Waals surface area (Å²) >= 11 is 0. The van der Waals surface area contributed by atoms with Crippen molar-refractivity contribution in [3.8, 4) is 0 Å². The van der Waals surface area contributed by atoms with Gasteiger partial charge in [-0.1, -0.05) is 27.2 Å². The molecule has 1 aliphatic rings. The van der Waals surface area contributed by atoms with Crippen LogP contribution in [-0.2, 0) is 0 Å². The highest BCUT2D eigenvalue weighted by Crippen LogP contribution is 2.35. The molecule has 0 saturated carbocycles. The van der Waals surface area contributed by atoms with Crippen molar-refractivity contribution in [3.63, 3.8) is 0 Å². The van der Waals surface area contributed by atoms with Crippen LogP contribution >= 0.6 is 0 Å². The lowest BCUT2D eigenvalue weighted by Crippen LogP contribution is -2.44. The van der Waals surface area contributed by atoms with Gasteiger partial charge >= 0.3 is 0 Å². The van der Waals surface area contributed by atoms with Gasteiger partial charge in [-0.25, -0.2) is 0 Å². The van der Waals surface area contributed by atoms with Gasteiger partial charge in [-0.3, -0.25) is 4.90 Å². The van der Waals surface area contributed by atoms with Crippen LogP contribution in [0.3, 0.4) is 0 Å². The van der Waals surface area contributed by atoms with Crippen LogP contribution in [0.1, 0.15) is 67.2 Å². The first kappa shape index (κ1) is 14.0. The van der Waals surface area contributed by atoms with E-state index >= 15 is 0 Å². The lowest BCUT2D eigenvalue weighted by molar-refractivity contribution is 0.0880. The molecule has 0 aromatic rings. The molecule has 16 heavy (non-hydrogen) atoms. The quantitative estimate of drug-likeness (QED) is 0.593. The van der Waals surface area contributed by atoms with Gasteiger partial charge in [-0.05, 0) is 64.5 Å². The summed E-state index contributed by atoms with van der Waals surface area (Å²) < 4.78 is 0. The molecule has 1 nitrogen and oxygen atoms in total. The molecule has 1 heteroatoms. The van der Waals surface area contributed by atoms with Gasteiger partial charge in [0.05, 0.1) is 0 Å². The third kappa shape index (κ3) is 4.08. The molecule has 1 atom stereocenters. The van der Waals surface area contributed by atoms with Crippen LogP contribution < -0.4 is 0 Å². The van der Waals surface area contributed by atoms with Crippen LogP contribution in [-0.4, -0.2) is 23.5 Å². The Balaban J connectivity index is 2.60. The normalized spacial score (nSPS) is 26.2. The topological polar surface area (TPSA) is 3.24 Å². The molecular weight excluding hydrogens is 194 g/mol. The van der Waals surface area contributed by atoms with Crippen LogP contribution in [0.15, 0.2) is 0 Å². The molecule has 0 aliphatic carbocycles. The molecule has 0 aromatic heterocycles. The van der Waals surface area contributed by atoms with Gasteiger partial charge in [0, 0.05) is 5.54 Å². The predicted molar refractivity (Wildman–Crippen MR) is 72.7 cm³/mol. The second-order valence-corrected chi connectivity index (χ2v) is 7.51. The first-order valence-corrected chi connectivity index (χ1v) is 6.96. The third-order valence-electron chi connectivity index (χ3n) is 4.15. The Morgan fingerprint density at radius 2 is 1.44 bits per heavy atom. The molecule has 1 aliphatic heterocycles. The third-order valence-corrected chi connectivity index (χ3v) is 4.15. The molecular formula is C15H31N.